The van der Waals surface area contributed by atoms with E-state index in [-0.39, 0.29) is 0 Å². The number of carbonyl (C=O) groups is 1. The molecule has 1 aromatic rings. The molecule has 0 spiro atoms. The van der Waals surface area contributed by atoms with E-state index in [0.717, 1.165) is 38.5 Å². The summed E-state index contributed by atoms with van der Waals surface area (Å²) < 4.78 is 22.6. The van der Waals surface area contributed by atoms with E-state index in [1.807, 2.05) is 0 Å². The molecule has 0 saturated carbocycles. The van der Waals surface area contributed by atoms with Crippen LogP contribution in [0.5, 0.6) is 17.2 Å². The average molecular weight is 352 g/mol. The second kappa shape index (κ2) is 12.5. The highest BCUT2D eigenvalue weighted by atomic mass is 16.5. The number of rotatable bonds is 13. The zero-order valence-corrected chi connectivity index (χ0v) is 16.1. The molecule has 0 saturated heterocycles. The highest BCUT2D eigenvalue weighted by Crippen LogP contribution is 2.41. The van der Waals surface area contributed by atoms with Crippen LogP contribution >= 0.6 is 0 Å². The van der Waals surface area contributed by atoms with Gasteiger partial charge in [0, 0.05) is 0 Å². The Kier molecular flexibility index (Phi) is 10.5. The van der Waals surface area contributed by atoms with Crippen LogP contribution in [0.3, 0.4) is 0 Å². The van der Waals surface area contributed by atoms with Gasteiger partial charge in [0.05, 0.1) is 26.9 Å². The molecular formula is C20H32O5. The molecule has 0 heterocycles. The van der Waals surface area contributed by atoms with Crippen LogP contribution < -0.4 is 14.2 Å². The van der Waals surface area contributed by atoms with E-state index in [4.69, 9.17) is 18.9 Å². The Hall–Kier alpha value is -1.91. The lowest BCUT2D eigenvalue weighted by Gasteiger charge is -2.19. The maximum atomic E-state index is 12.1. The van der Waals surface area contributed by atoms with Crippen molar-refractivity contribution in [2.24, 2.45) is 0 Å². The molecule has 142 valence electrons. The predicted molar refractivity (Wildman–Crippen MR) is 99.0 cm³/mol. The van der Waals surface area contributed by atoms with E-state index in [1.54, 1.807) is 12.1 Å². The number of hydrogen-bond donors (Lipinski definition) is 0. The van der Waals surface area contributed by atoms with Crippen molar-refractivity contribution in [3.63, 3.8) is 0 Å². The van der Waals surface area contributed by atoms with Crippen molar-refractivity contribution in [3.05, 3.63) is 17.7 Å². The molecule has 1 aromatic carbocycles. The van der Waals surface area contributed by atoms with Crippen molar-refractivity contribution in [1.29, 1.82) is 0 Å². The number of esters is 1. The lowest BCUT2D eigenvalue weighted by molar-refractivity contribution is 0.0594. The van der Waals surface area contributed by atoms with Crippen LogP contribution in [0.1, 0.15) is 69.7 Å². The van der Waals surface area contributed by atoms with Gasteiger partial charge in [-0.3, -0.25) is 0 Å². The fourth-order valence-corrected chi connectivity index (χ4v) is 2.17. The molecule has 0 aliphatic rings. The molecule has 0 unspecified atom stereocenters. The monoisotopic (exact) mass is 352 g/mol. The summed E-state index contributed by atoms with van der Waals surface area (Å²) in [6.07, 6.45) is 5.85. The first kappa shape index (κ1) is 21.1. The summed E-state index contributed by atoms with van der Waals surface area (Å²) in [4.78, 5) is 12.1. The van der Waals surface area contributed by atoms with E-state index in [0.29, 0.717) is 42.6 Å². The van der Waals surface area contributed by atoms with Crippen molar-refractivity contribution in [3.8, 4) is 17.2 Å². The lowest BCUT2D eigenvalue weighted by Crippen LogP contribution is -2.11. The zero-order chi connectivity index (χ0) is 18.5. The fourth-order valence-electron chi connectivity index (χ4n) is 2.17. The Morgan fingerprint density at radius 2 is 1.32 bits per heavy atom. The highest BCUT2D eigenvalue weighted by molar-refractivity contribution is 5.94. The molecule has 5 heteroatoms. The highest BCUT2D eigenvalue weighted by Gasteiger charge is 2.22. The molecule has 0 radical (unpaired) electrons. The SMILES string of the molecule is CCCCOc1ccc(C(=O)OC)c(OCCCC)c1OCCCC. The minimum atomic E-state index is -0.438. The van der Waals surface area contributed by atoms with Gasteiger partial charge in [-0.15, -0.1) is 0 Å². The Balaban J connectivity index is 3.17. The summed E-state index contributed by atoms with van der Waals surface area (Å²) >= 11 is 0. The van der Waals surface area contributed by atoms with Crippen molar-refractivity contribution in [1.82, 2.24) is 0 Å². The second-order valence-corrected chi connectivity index (χ2v) is 5.87. The van der Waals surface area contributed by atoms with Gasteiger partial charge in [0.1, 0.15) is 5.56 Å². The third-order valence-electron chi connectivity index (χ3n) is 3.73. The Bertz CT molecular complexity index is 513. The van der Waals surface area contributed by atoms with Crippen molar-refractivity contribution >= 4 is 5.97 Å². The van der Waals surface area contributed by atoms with E-state index in [2.05, 4.69) is 20.8 Å². The lowest BCUT2D eigenvalue weighted by atomic mass is 10.1. The largest absolute Gasteiger partial charge is 0.490 e. The molecule has 25 heavy (non-hydrogen) atoms. The molecule has 5 nitrogen and oxygen atoms in total. The maximum Gasteiger partial charge on any atom is 0.341 e. The summed E-state index contributed by atoms with van der Waals surface area (Å²) in [5.41, 5.74) is 0.368. The first-order valence-electron chi connectivity index (χ1n) is 9.33. The number of ether oxygens (including phenoxy) is 4. The zero-order valence-electron chi connectivity index (χ0n) is 16.1. The van der Waals surface area contributed by atoms with E-state index in [1.165, 1.54) is 7.11 Å². The smallest absolute Gasteiger partial charge is 0.341 e. The molecule has 0 N–H and O–H groups in total. The first-order valence-corrected chi connectivity index (χ1v) is 9.33. The molecule has 0 bridgehead atoms. The minimum Gasteiger partial charge on any atom is -0.490 e. The number of methoxy groups -OCH3 is 1. The third-order valence-corrected chi connectivity index (χ3v) is 3.73. The molecule has 0 aliphatic carbocycles. The van der Waals surface area contributed by atoms with Gasteiger partial charge < -0.3 is 18.9 Å². The van der Waals surface area contributed by atoms with Crippen LogP contribution in [0.15, 0.2) is 12.1 Å². The van der Waals surface area contributed by atoms with Gasteiger partial charge in [-0.05, 0) is 31.4 Å². The summed E-state index contributed by atoms with van der Waals surface area (Å²) in [5.74, 6) is 1.10. The van der Waals surface area contributed by atoms with Crippen molar-refractivity contribution in [2.75, 3.05) is 26.9 Å². The topological polar surface area (TPSA) is 54.0 Å². The van der Waals surface area contributed by atoms with E-state index >= 15 is 0 Å². The number of unbranched alkanes of at least 4 members (excludes halogenated alkanes) is 3. The van der Waals surface area contributed by atoms with Gasteiger partial charge in [-0.25, -0.2) is 4.79 Å². The van der Waals surface area contributed by atoms with Crippen molar-refractivity contribution in [2.45, 2.75) is 59.3 Å². The number of hydrogen-bond acceptors (Lipinski definition) is 5. The second-order valence-electron chi connectivity index (χ2n) is 5.87. The molecule has 0 aromatic heterocycles. The Morgan fingerprint density at radius 3 is 1.84 bits per heavy atom. The van der Waals surface area contributed by atoms with Crippen LogP contribution in [0.4, 0.5) is 0 Å². The Labute approximate surface area is 151 Å². The normalized spacial score (nSPS) is 10.4. The maximum absolute atomic E-state index is 12.1. The van der Waals surface area contributed by atoms with E-state index in [9.17, 15) is 4.79 Å². The molecule has 0 fully saturated rings. The van der Waals surface area contributed by atoms with Gasteiger partial charge in [-0.1, -0.05) is 40.0 Å². The predicted octanol–water partition coefficient (Wildman–Crippen LogP) is 5.01. The first-order chi connectivity index (χ1) is 12.2. The van der Waals surface area contributed by atoms with Gasteiger partial charge in [0.2, 0.25) is 5.75 Å². The summed E-state index contributed by atoms with van der Waals surface area (Å²) in [6.45, 7) is 7.98. The van der Waals surface area contributed by atoms with Gasteiger partial charge >= 0.3 is 5.97 Å². The Morgan fingerprint density at radius 1 is 0.800 bits per heavy atom. The minimum absolute atomic E-state index is 0.368. The number of carbonyl (C=O) groups excluding carboxylic acids is 1. The van der Waals surface area contributed by atoms with Crippen LogP contribution in [0.2, 0.25) is 0 Å². The van der Waals surface area contributed by atoms with E-state index < -0.39 is 5.97 Å². The summed E-state index contributed by atoms with van der Waals surface area (Å²) in [7, 11) is 1.36. The average Bonchev–Trinajstić information content (AvgIpc) is 2.63. The molecular weight excluding hydrogens is 320 g/mol. The van der Waals surface area contributed by atoms with Crippen LogP contribution in [0, 0.1) is 0 Å². The van der Waals surface area contributed by atoms with Crippen LogP contribution in [-0.2, 0) is 4.74 Å². The third kappa shape index (κ3) is 6.85. The summed E-state index contributed by atoms with van der Waals surface area (Å²) in [6, 6.07) is 3.44. The molecule has 0 aliphatic heterocycles. The van der Waals surface area contributed by atoms with Gasteiger partial charge in [0.25, 0.3) is 0 Å². The van der Waals surface area contributed by atoms with Crippen molar-refractivity contribution < 1.29 is 23.7 Å². The molecule has 0 amide bonds. The van der Waals surface area contributed by atoms with Crippen LogP contribution in [-0.4, -0.2) is 32.9 Å². The van der Waals surface area contributed by atoms with Gasteiger partial charge in [-0.2, -0.15) is 0 Å². The quantitative estimate of drug-likeness (QED) is 0.369. The summed E-state index contributed by atoms with van der Waals surface area (Å²) in [5, 5.41) is 0. The molecule has 0 atom stereocenters. The van der Waals surface area contributed by atoms with Gasteiger partial charge in [0.15, 0.2) is 11.5 Å². The standard InChI is InChI=1S/C20H32O5/c1-5-8-13-23-17-12-11-16(20(21)22-4)18(24-14-9-6-2)19(17)25-15-10-7-3/h11-12H,5-10,13-15H2,1-4H3. The molecule has 1 rings (SSSR count). The van der Waals surface area contributed by atoms with Crippen LogP contribution in [0.25, 0.3) is 0 Å². The fraction of sp³-hybridized carbons (Fsp3) is 0.650. The number of benzene rings is 1.